The fourth-order valence-electron chi connectivity index (χ4n) is 3.16. The summed E-state index contributed by atoms with van der Waals surface area (Å²) in [4.78, 5) is 12.1. The number of aromatic nitrogens is 2. The number of benzene rings is 2. The molecule has 3 aromatic rings. The number of carbonyl (C=O) groups excluding carboxylic acids is 1. The molecule has 0 aliphatic carbocycles. The van der Waals surface area contributed by atoms with E-state index < -0.39 is 0 Å². The molecule has 3 N–H and O–H groups in total. The molecule has 4 rings (SSSR count). The fourth-order valence-corrected chi connectivity index (χ4v) is 3.16. The monoisotopic (exact) mass is 334 g/mol. The summed E-state index contributed by atoms with van der Waals surface area (Å²) in [7, 11) is 1.64. The van der Waals surface area contributed by atoms with Gasteiger partial charge in [0.25, 0.3) is 0 Å². The Balaban J connectivity index is 1.76. The molecule has 0 unspecified atom stereocenters. The van der Waals surface area contributed by atoms with Crippen LogP contribution in [0.3, 0.4) is 0 Å². The maximum absolute atomic E-state index is 12.1. The first-order valence-electron chi connectivity index (χ1n) is 8.08. The Morgan fingerprint density at radius 2 is 2.00 bits per heavy atom. The standard InChI is InChI=1S/C19H18N4O2/c1-25-14-9-5-6-12(10-14)15-11-16(24)21-19-17(15)18(22-23-19)20-13-7-3-2-4-8-13/h2-10,15H,11H2,1H3,(H3,20,21,22,23,24)/t15-/m0/s1. The van der Waals surface area contributed by atoms with Crippen LogP contribution in [0.2, 0.25) is 0 Å². The van der Waals surface area contributed by atoms with Crippen molar-refractivity contribution in [2.45, 2.75) is 12.3 Å². The molecule has 0 radical (unpaired) electrons. The molecule has 0 spiro atoms. The van der Waals surface area contributed by atoms with Gasteiger partial charge in [-0.05, 0) is 29.8 Å². The van der Waals surface area contributed by atoms with Crippen molar-refractivity contribution in [2.24, 2.45) is 0 Å². The van der Waals surface area contributed by atoms with E-state index in [0.29, 0.717) is 12.2 Å². The quantitative estimate of drug-likeness (QED) is 0.681. The minimum atomic E-state index is -0.0937. The lowest BCUT2D eigenvalue weighted by Gasteiger charge is -2.24. The molecule has 6 nitrogen and oxygen atoms in total. The van der Waals surface area contributed by atoms with Crippen molar-refractivity contribution in [1.82, 2.24) is 10.2 Å². The van der Waals surface area contributed by atoms with Gasteiger partial charge in [0.1, 0.15) is 11.6 Å². The molecular weight excluding hydrogens is 316 g/mol. The number of rotatable bonds is 4. The van der Waals surface area contributed by atoms with Crippen LogP contribution in [-0.4, -0.2) is 23.2 Å². The first kappa shape index (κ1) is 15.3. The summed E-state index contributed by atoms with van der Waals surface area (Å²) in [6.07, 6.45) is 0.364. The SMILES string of the molecule is COc1cccc([C@@H]2CC(=O)Nc3n[nH]c(Nc4ccccc4)c32)c1. The van der Waals surface area contributed by atoms with E-state index in [-0.39, 0.29) is 11.8 Å². The van der Waals surface area contributed by atoms with E-state index >= 15 is 0 Å². The van der Waals surface area contributed by atoms with Crippen LogP contribution in [0.25, 0.3) is 0 Å². The number of amides is 1. The van der Waals surface area contributed by atoms with E-state index in [1.165, 1.54) is 0 Å². The maximum atomic E-state index is 12.1. The third kappa shape index (κ3) is 2.94. The summed E-state index contributed by atoms with van der Waals surface area (Å²) in [6, 6.07) is 17.7. The number of H-pyrrole nitrogens is 1. The van der Waals surface area contributed by atoms with E-state index in [1.54, 1.807) is 7.11 Å². The third-order valence-corrected chi connectivity index (χ3v) is 4.34. The summed E-state index contributed by atoms with van der Waals surface area (Å²) in [5, 5.41) is 13.5. The van der Waals surface area contributed by atoms with Crippen molar-refractivity contribution in [2.75, 3.05) is 17.7 Å². The number of fused-ring (bicyclic) bond motifs is 1. The molecule has 1 amide bonds. The zero-order valence-corrected chi connectivity index (χ0v) is 13.7. The zero-order chi connectivity index (χ0) is 17.2. The Hall–Kier alpha value is -3.28. The van der Waals surface area contributed by atoms with Crippen LogP contribution in [0.5, 0.6) is 5.75 Å². The van der Waals surface area contributed by atoms with Gasteiger partial charge in [0.15, 0.2) is 5.82 Å². The van der Waals surface area contributed by atoms with Gasteiger partial charge in [-0.3, -0.25) is 9.89 Å². The number of nitrogens with one attached hydrogen (secondary N) is 3. The van der Waals surface area contributed by atoms with Gasteiger partial charge in [-0.2, -0.15) is 5.10 Å². The van der Waals surface area contributed by atoms with E-state index in [4.69, 9.17) is 4.74 Å². The lowest BCUT2D eigenvalue weighted by molar-refractivity contribution is -0.116. The molecule has 126 valence electrons. The van der Waals surface area contributed by atoms with Gasteiger partial charge in [0.05, 0.1) is 7.11 Å². The second-order valence-electron chi connectivity index (χ2n) is 5.93. The zero-order valence-electron chi connectivity index (χ0n) is 13.7. The average molecular weight is 334 g/mol. The van der Waals surface area contributed by atoms with Gasteiger partial charge in [-0.1, -0.05) is 30.3 Å². The van der Waals surface area contributed by atoms with E-state index in [2.05, 4.69) is 20.8 Å². The summed E-state index contributed by atoms with van der Waals surface area (Å²) < 4.78 is 5.33. The molecule has 6 heteroatoms. The highest BCUT2D eigenvalue weighted by Crippen LogP contribution is 2.41. The molecule has 1 aliphatic heterocycles. The number of hydrogen-bond acceptors (Lipinski definition) is 4. The minimum absolute atomic E-state index is 0.0434. The number of methoxy groups -OCH3 is 1. The Bertz CT molecular complexity index is 905. The Labute approximate surface area is 145 Å². The second-order valence-corrected chi connectivity index (χ2v) is 5.93. The molecule has 0 saturated heterocycles. The Kier molecular flexibility index (Phi) is 3.85. The predicted molar refractivity (Wildman–Crippen MR) is 96.4 cm³/mol. The van der Waals surface area contributed by atoms with E-state index in [1.807, 2.05) is 54.6 Å². The fraction of sp³-hybridized carbons (Fsp3) is 0.158. The van der Waals surface area contributed by atoms with Gasteiger partial charge < -0.3 is 15.4 Å². The number of nitrogens with zero attached hydrogens (tertiary/aromatic N) is 1. The summed E-state index contributed by atoms with van der Waals surface area (Å²) >= 11 is 0. The van der Waals surface area contributed by atoms with Crippen LogP contribution in [-0.2, 0) is 4.79 Å². The predicted octanol–water partition coefficient (Wildman–Crippen LogP) is 3.64. The second kappa shape index (κ2) is 6.32. The molecule has 0 bridgehead atoms. The molecular formula is C19H18N4O2. The highest BCUT2D eigenvalue weighted by Gasteiger charge is 2.32. The number of anilines is 3. The number of carbonyl (C=O) groups is 1. The Morgan fingerprint density at radius 1 is 1.16 bits per heavy atom. The molecule has 0 saturated carbocycles. The largest absolute Gasteiger partial charge is 0.497 e. The van der Waals surface area contributed by atoms with Gasteiger partial charge in [0.2, 0.25) is 5.91 Å². The number of aromatic amines is 1. The molecule has 1 aliphatic rings. The molecule has 1 atom stereocenters. The van der Waals surface area contributed by atoms with Crippen molar-refractivity contribution in [3.05, 3.63) is 65.7 Å². The van der Waals surface area contributed by atoms with Gasteiger partial charge >= 0.3 is 0 Å². The van der Waals surface area contributed by atoms with Crippen molar-refractivity contribution in [3.8, 4) is 5.75 Å². The van der Waals surface area contributed by atoms with Crippen LogP contribution in [0, 0.1) is 0 Å². The highest BCUT2D eigenvalue weighted by molar-refractivity contribution is 5.95. The number of hydrogen-bond donors (Lipinski definition) is 3. The lowest BCUT2D eigenvalue weighted by atomic mass is 9.86. The van der Waals surface area contributed by atoms with E-state index in [9.17, 15) is 4.79 Å². The van der Waals surface area contributed by atoms with Gasteiger partial charge in [-0.15, -0.1) is 0 Å². The van der Waals surface area contributed by atoms with Crippen molar-refractivity contribution >= 4 is 23.2 Å². The molecule has 1 aromatic heterocycles. The van der Waals surface area contributed by atoms with Crippen LogP contribution in [0.1, 0.15) is 23.5 Å². The molecule has 2 heterocycles. The minimum Gasteiger partial charge on any atom is -0.497 e. The lowest BCUT2D eigenvalue weighted by Crippen LogP contribution is -2.23. The highest BCUT2D eigenvalue weighted by atomic mass is 16.5. The molecule has 0 fully saturated rings. The summed E-state index contributed by atoms with van der Waals surface area (Å²) in [5.74, 6) is 1.99. The van der Waals surface area contributed by atoms with Crippen LogP contribution < -0.4 is 15.4 Å². The van der Waals surface area contributed by atoms with Crippen LogP contribution >= 0.6 is 0 Å². The number of para-hydroxylation sites is 1. The van der Waals surface area contributed by atoms with Crippen LogP contribution in [0.15, 0.2) is 54.6 Å². The summed E-state index contributed by atoms with van der Waals surface area (Å²) in [6.45, 7) is 0. The molecule has 25 heavy (non-hydrogen) atoms. The summed E-state index contributed by atoms with van der Waals surface area (Å²) in [5.41, 5.74) is 2.93. The van der Waals surface area contributed by atoms with Gasteiger partial charge in [0, 0.05) is 23.6 Å². The van der Waals surface area contributed by atoms with Crippen molar-refractivity contribution in [3.63, 3.8) is 0 Å². The van der Waals surface area contributed by atoms with Gasteiger partial charge in [-0.25, -0.2) is 0 Å². The number of ether oxygens (including phenoxy) is 1. The Morgan fingerprint density at radius 3 is 2.80 bits per heavy atom. The smallest absolute Gasteiger partial charge is 0.226 e. The first-order valence-corrected chi connectivity index (χ1v) is 8.08. The molecule has 2 aromatic carbocycles. The topological polar surface area (TPSA) is 79.0 Å². The normalized spacial score (nSPS) is 16.0. The van der Waals surface area contributed by atoms with Crippen molar-refractivity contribution < 1.29 is 9.53 Å². The maximum Gasteiger partial charge on any atom is 0.226 e. The average Bonchev–Trinajstić information content (AvgIpc) is 3.04. The third-order valence-electron chi connectivity index (χ3n) is 4.34. The van der Waals surface area contributed by atoms with Crippen LogP contribution in [0.4, 0.5) is 17.3 Å². The van der Waals surface area contributed by atoms with E-state index in [0.717, 1.165) is 28.4 Å². The first-order chi connectivity index (χ1) is 12.2. The van der Waals surface area contributed by atoms with Crippen molar-refractivity contribution in [1.29, 1.82) is 0 Å².